The van der Waals surface area contributed by atoms with E-state index in [1.807, 2.05) is 12.1 Å². The number of methoxy groups -OCH3 is 2. The number of ether oxygens (including phenoxy) is 2. The van der Waals surface area contributed by atoms with Gasteiger partial charge in [-0.05, 0) is 11.6 Å². The molecule has 4 heteroatoms. The average molecular weight is 208 g/mol. The monoisotopic (exact) mass is 208 g/mol. The Morgan fingerprint density at radius 3 is 2.73 bits per heavy atom. The molecule has 0 saturated heterocycles. The molecule has 1 atom stereocenters. The highest BCUT2D eigenvalue weighted by Gasteiger charge is 2.24. The molecule has 0 bridgehead atoms. The number of anilines is 1. The number of hydrogen-bond donors (Lipinski definition) is 2. The van der Waals surface area contributed by atoms with Gasteiger partial charge < -0.3 is 14.8 Å². The van der Waals surface area contributed by atoms with Crippen LogP contribution < -0.4 is 10.6 Å². The molecule has 2 rings (SSSR count). The third kappa shape index (κ3) is 2.12. The first-order valence-electron chi connectivity index (χ1n) is 4.98. The van der Waals surface area contributed by atoms with Crippen LogP contribution in [0.4, 0.5) is 5.69 Å². The molecule has 4 nitrogen and oxygen atoms in total. The van der Waals surface area contributed by atoms with Crippen LogP contribution >= 0.6 is 0 Å². The molecule has 1 unspecified atom stereocenters. The van der Waals surface area contributed by atoms with Gasteiger partial charge in [0.2, 0.25) is 0 Å². The summed E-state index contributed by atoms with van der Waals surface area (Å²) in [6.45, 7) is 0.830. The minimum absolute atomic E-state index is 0.00472. The van der Waals surface area contributed by atoms with Gasteiger partial charge in [-0.1, -0.05) is 18.2 Å². The molecule has 1 aliphatic rings. The molecule has 1 aromatic carbocycles. The summed E-state index contributed by atoms with van der Waals surface area (Å²) in [5, 5.41) is 6.65. The largest absolute Gasteiger partial charge is 0.365 e. The summed E-state index contributed by atoms with van der Waals surface area (Å²) < 4.78 is 10.4. The Hall–Kier alpha value is -1.10. The number of fused-ring (bicyclic) bond motifs is 1. The topological polar surface area (TPSA) is 42.5 Å². The summed E-state index contributed by atoms with van der Waals surface area (Å²) in [4.78, 5) is 0. The van der Waals surface area contributed by atoms with Crippen molar-refractivity contribution in [2.45, 2.75) is 19.0 Å². The second kappa shape index (κ2) is 4.61. The van der Waals surface area contributed by atoms with E-state index in [1.54, 1.807) is 14.2 Å². The maximum atomic E-state index is 5.21. The zero-order chi connectivity index (χ0) is 10.7. The third-order valence-electron chi connectivity index (χ3n) is 2.58. The summed E-state index contributed by atoms with van der Waals surface area (Å²) in [5.41, 5.74) is 2.40. The number of nitrogens with one attached hydrogen (secondary N) is 2. The normalized spacial score (nSPS) is 19.8. The highest BCUT2D eigenvalue weighted by molar-refractivity contribution is 5.53. The van der Waals surface area contributed by atoms with Crippen LogP contribution in [-0.4, -0.2) is 26.7 Å². The zero-order valence-corrected chi connectivity index (χ0v) is 8.99. The molecule has 1 aliphatic heterocycles. The second-order valence-electron chi connectivity index (χ2n) is 3.50. The fourth-order valence-corrected chi connectivity index (χ4v) is 1.79. The van der Waals surface area contributed by atoms with Gasteiger partial charge in [0.25, 0.3) is 0 Å². The number of benzene rings is 1. The van der Waals surface area contributed by atoms with E-state index < -0.39 is 0 Å². The quantitative estimate of drug-likeness (QED) is 0.731. The maximum absolute atomic E-state index is 5.21. The molecule has 2 N–H and O–H groups in total. The van der Waals surface area contributed by atoms with Crippen molar-refractivity contribution in [3.8, 4) is 0 Å². The van der Waals surface area contributed by atoms with Gasteiger partial charge in [0.1, 0.15) is 6.17 Å². The van der Waals surface area contributed by atoms with Crippen LogP contribution in [0.5, 0.6) is 0 Å². The Kier molecular flexibility index (Phi) is 3.20. The van der Waals surface area contributed by atoms with Gasteiger partial charge in [0.15, 0.2) is 6.29 Å². The van der Waals surface area contributed by atoms with E-state index in [2.05, 4.69) is 22.8 Å². The number of hydrogen-bond acceptors (Lipinski definition) is 4. The van der Waals surface area contributed by atoms with Gasteiger partial charge in [0.05, 0.1) is 0 Å². The lowest BCUT2D eigenvalue weighted by Gasteiger charge is -2.32. The fraction of sp³-hybridized carbons (Fsp3) is 0.455. The van der Waals surface area contributed by atoms with Crippen LogP contribution in [0.2, 0.25) is 0 Å². The molecular formula is C11H16N2O2. The lowest BCUT2D eigenvalue weighted by Crippen LogP contribution is -2.49. The van der Waals surface area contributed by atoms with Crippen LogP contribution in [0.25, 0.3) is 0 Å². The van der Waals surface area contributed by atoms with E-state index in [4.69, 9.17) is 9.47 Å². The van der Waals surface area contributed by atoms with Gasteiger partial charge >= 0.3 is 0 Å². The van der Waals surface area contributed by atoms with Gasteiger partial charge in [-0.2, -0.15) is 0 Å². The Morgan fingerprint density at radius 1 is 1.27 bits per heavy atom. The fourth-order valence-electron chi connectivity index (χ4n) is 1.79. The van der Waals surface area contributed by atoms with Crippen LogP contribution in [0.15, 0.2) is 24.3 Å². The molecule has 1 heterocycles. The summed E-state index contributed by atoms with van der Waals surface area (Å²) in [6, 6.07) is 8.21. The van der Waals surface area contributed by atoms with Crippen molar-refractivity contribution in [2.75, 3.05) is 19.5 Å². The van der Waals surface area contributed by atoms with Gasteiger partial charge in [-0.3, -0.25) is 5.32 Å². The summed E-state index contributed by atoms with van der Waals surface area (Å²) in [7, 11) is 3.27. The van der Waals surface area contributed by atoms with Crippen LogP contribution in [0, 0.1) is 0 Å². The standard InChI is InChI=1S/C11H16N2O2/c1-14-11(15-2)10-12-7-8-5-3-4-6-9(8)13-10/h3-6,10-13H,7H2,1-2H3. The zero-order valence-electron chi connectivity index (χ0n) is 8.99. The summed E-state index contributed by atoms with van der Waals surface area (Å²) in [5.74, 6) is 0. The Labute approximate surface area is 89.6 Å². The molecule has 0 fully saturated rings. The molecule has 0 aliphatic carbocycles. The summed E-state index contributed by atoms with van der Waals surface area (Å²) >= 11 is 0. The highest BCUT2D eigenvalue weighted by atomic mass is 16.7. The van der Waals surface area contributed by atoms with Crippen molar-refractivity contribution >= 4 is 5.69 Å². The first kappa shape index (κ1) is 10.4. The minimum Gasteiger partial charge on any atom is -0.365 e. The van der Waals surface area contributed by atoms with Crippen molar-refractivity contribution in [1.82, 2.24) is 5.32 Å². The van der Waals surface area contributed by atoms with Crippen LogP contribution in [0.3, 0.4) is 0 Å². The van der Waals surface area contributed by atoms with E-state index in [0.717, 1.165) is 12.2 Å². The predicted molar refractivity (Wildman–Crippen MR) is 58.5 cm³/mol. The molecule has 0 aromatic heterocycles. The number of rotatable bonds is 3. The van der Waals surface area contributed by atoms with E-state index in [1.165, 1.54) is 5.56 Å². The first-order valence-corrected chi connectivity index (χ1v) is 4.98. The molecule has 1 aromatic rings. The lowest BCUT2D eigenvalue weighted by atomic mass is 10.1. The average Bonchev–Trinajstić information content (AvgIpc) is 2.30. The predicted octanol–water partition coefficient (Wildman–Crippen LogP) is 1.15. The van der Waals surface area contributed by atoms with E-state index in [9.17, 15) is 0 Å². The van der Waals surface area contributed by atoms with E-state index in [0.29, 0.717) is 0 Å². The highest BCUT2D eigenvalue weighted by Crippen LogP contribution is 2.20. The van der Waals surface area contributed by atoms with Crippen LogP contribution in [-0.2, 0) is 16.0 Å². The van der Waals surface area contributed by atoms with Crippen molar-refractivity contribution in [3.63, 3.8) is 0 Å². The molecule has 0 amide bonds. The van der Waals surface area contributed by atoms with Crippen molar-refractivity contribution in [2.24, 2.45) is 0 Å². The van der Waals surface area contributed by atoms with Crippen LogP contribution in [0.1, 0.15) is 5.56 Å². The Morgan fingerprint density at radius 2 is 2.00 bits per heavy atom. The molecular weight excluding hydrogens is 192 g/mol. The van der Waals surface area contributed by atoms with E-state index in [-0.39, 0.29) is 12.5 Å². The maximum Gasteiger partial charge on any atom is 0.190 e. The van der Waals surface area contributed by atoms with Gasteiger partial charge in [0, 0.05) is 26.5 Å². The van der Waals surface area contributed by atoms with Crippen molar-refractivity contribution < 1.29 is 9.47 Å². The Balaban J connectivity index is 2.11. The molecule has 0 spiro atoms. The summed E-state index contributed by atoms with van der Waals surface area (Å²) in [6.07, 6.45) is -0.284. The van der Waals surface area contributed by atoms with Gasteiger partial charge in [-0.15, -0.1) is 0 Å². The number of para-hydroxylation sites is 1. The van der Waals surface area contributed by atoms with Gasteiger partial charge in [-0.25, -0.2) is 0 Å². The lowest BCUT2D eigenvalue weighted by molar-refractivity contribution is -0.118. The molecule has 0 saturated carbocycles. The second-order valence-corrected chi connectivity index (χ2v) is 3.50. The van der Waals surface area contributed by atoms with Crippen molar-refractivity contribution in [1.29, 1.82) is 0 Å². The molecule has 15 heavy (non-hydrogen) atoms. The molecule has 82 valence electrons. The SMILES string of the molecule is COC(OC)C1NCc2ccccc2N1. The minimum atomic E-state index is -0.279. The van der Waals surface area contributed by atoms with E-state index >= 15 is 0 Å². The Bertz CT molecular complexity index is 326. The smallest absolute Gasteiger partial charge is 0.190 e. The van der Waals surface area contributed by atoms with Crippen molar-refractivity contribution in [3.05, 3.63) is 29.8 Å². The molecule has 0 radical (unpaired) electrons. The third-order valence-corrected chi connectivity index (χ3v) is 2.58. The first-order chi connectivity index (χ1) is 7.35.